The Morgan fingerprint density at radius 2 is 1.09 bits per heavy atom. The lowest BCUT2D eigenvalue weighted by molar-refractivity contribution is -0.142. The number of anilines is 8. The Kier molecular flexibility index (Phi) is 16.2. The third-order valence-electron chi connectivity index (χ3n) is 10.4. The second-order valence-corrected chi connectivity index (χ2v) is 15.0. The van der Waals surface area contributed by atoms with Gasteiger partial charge in [-0.25, -0.2) is 9.59 Å². The smallest absolute Gasteiger partial charge is 0.326 e. The summed E-state index contributed by atoms with van der Waals surface area (Å²) < 4.78 is 0. The topological polar surface area (TPSA) is 423 Å². The normalized spacial score (nSPS) is 15.5. The van der Waals surface area contributed by atoms with E-state index < -0.39 is 65.8 Å². The lowest BCUT2D eigenvalue weighted by atomic mass is 10.1. The number of aromatic nitrogens is 4. The van der Waals surface area contributed by atoms with Crippen LogP contribution in [0.15, 0.2) is 58.1 Å². The highest BCUT2D eigenvalue weighted by atomic mass is 16.4. The van der Waals surface area contributed by atoms with Gasteiger partial charge in [-0.1, -0.05) is 0 Å². The van der Waals surface area contributed by atoms with Gasteiger partial charge in [-0.15, -0.1) is 0 Å². The zero-order valence-corrected chi connectivity index (χ0v) is 35.6. The molecule has 27 heteroatoms. The Hall–Kier alpha value is -8.91. The van der Waals surface area contributed by atoms with E-state index >= 15 is 0 Å². The van der Waals surface area contributed by atoms with Gasteiger partial charge in [0.05, 0.1) is 12.1 Å². The van der Waals surface area contributed by atoms with Gasteiger partial charge in [0, 0.05) is 68.6 Å². The van der Waals surface area contributed by atoms with Gasteiger partial charge < -0.3 is 73.6 Å². The molecule has 2 aromatic carbocycles. The van der Waals surface area contributed by atoms with Crippen LogP contribution in [0.1, 0.15) is 46.4 Å². The summed E-state index contributed by atoms with van der Waals surface area (Å²) in [4.78, 5) is 121. The van der Waals surface area contributed by atoms with Gasteiger partial charge in [0.1, 0.15) is 17.8 Å². The number of aliphatic carboxylic acids is 4. The third kappa shape index (κ3) is 13.1. The van der Waals surface area contributed by atoms with Gasteiger partial charge >= 0.3 is 23.9 Å². The van der Waals surface area contributed by atoms with Gasteiger partial charge in [0.15, 0.2) is 17.3 Å². The van der Waals surface area contributed by atoms with E-state index in [4.69, 9.17) is 21.7 Å². The van der Waals surface area contributed by atoms with Gasteiger partial charge in [0.2, 0.25) is 18.3 Å². The monoisotopic (exact) mass is 932 g/mol. The van der Waals surface area contributed by atoms with Crippen molar-refractivity contribution in [2.45, 2.75) is 49.9 Å². The maximum atomic E-state index is 12.3. The van der Waals surface area contributed by atoms with E-state index in [1.54, 1.807) is 31.3 Å². The number of benzene rings is 2. The molecule has 3 amide bonds. The highest BCUT2D eigenvalue weighted by Gasteiger charge is 2.31. The van der Waals surface area contributed by atoms with Crippen molar-refractivity contribution in [1.29, 1.82) is 0 Å². The standard InChI is InChI=1S/C20H23N7O7.C20H25N7O6/c21-20-25-16-15(18(32)26-20)27(9-28)12(8-23-16)7-22-11-3-1-10(2-4-11)17(31)24-13(19(33)34)5-6-14(29)30;1-27-12(9-23-16-15(27)18(31)26-20(21)25-16)8-22-11-4-2-10(3-5-11)17(30)24-13(19(32)33)6-7-14(28)29/h1-4,9,12-13,22H,5-8H2,(H,24,31)(H,29,30)(H,33,34)(H4,21,23,25,26,32);2-5,12-13,22H,6-9H2,1H3,(H,24,30)(H,28,29)(H,32,33)(H4,21,23,25,26,31)/t2*12-,13-/m00/s1. The minimum absolute atomic E-state index is 0.0388. The van der Waals surface area contributed by atoms with Crippen LogP contribution in [-0.2, 0) is 24.0 Å². The largest absolute Gasteiger partial charge is 0.481 e. The Balaban J connectivity index is 0.000000251. The molecule has 0 fully saturated rings. The predicted molar refractivity (Wildman–Crippen MR) is 241 cm³/mol. The Labute approximate surface area is 378 Å². The van der Waals surface area contributed by atoms with Crippen LogP contribution < -0.4 is 64.3 Å². The van der Waals surface area contributed by atoms with Gasteiger partial charge in [0.25, 0.3) is 22.9 Å². The van der Waals surface area contributed by atoms with E-state index in [-0.39, 0.29) is 71.9 Å². The van der Waals surface area contributed by atoms with Crippen molar-refractivity contribution < 1.29 is 54.0 Å². The fourth-order valence-electron chi connectivity index (χ4n) is 6.81. The molecular weight excluding hydrogens is 885 g/mol. The number of nitrogen functional groups attached to an aromatic ring is 2. The molecule has 4 aromatic rings. The molecule has 16 N–H and O–H groups in total. The number of hydrogen-bond acceptors (Lipinski definition) is 18. The van der Waals surface area contributed by atoms with Crippen LogP contribution in [0.4, 0.5) is 46.3 Å². The molecule has 0 spiro atoms. The number of amides is 3. The number of fused-ring (bicyclic) bond motifs is 2. The molecule has 0 aliphatic carbocycles. The fraction of sp³-hybridized carbons (Fsp3) is 0.325. The molecule has 0 saturated heterocycles. The summed E-state index contributed by atoms with van der Waals surface area (Å²) in [5, 5.41) is 52.8. The van der Waals surface area contributed by atoms with Crippen molar-refractivity contribution in [3.05, 3.63) is 80.4 Å². The number of aromatic amines is 2. The summed E-state index contributed by atoms with van der Waals surface area (Å²) in [7, 11) is 1.79. The SMILES string of the molecule is CN1c2c(nc(N)[nH]c2=O)NC[C@@H]1CNc1ccc(C(=O)N[C@@H](CCC(=O)O)C(=O)O)cc1.Nc1nc2c(c(=O)[nH]1)N(C=O)[C@@H](CNc1ccc(C(=O)N[C@@H](CCC(=O)O)C(=O)O)cc1)CN2. The Bertz CT molecular complexity index is 2610. The van der Waals surface area contributed by atoms with Crippen LogP contribution in [0.2, 0.25) is 0 Å². The third-order valence-corrected chi connectivity index (χ3v) is 10.4. The summed E-state index contributed by atoms with van der Waals surface area (Å²) in [6.07, 6.45) is -0.687. The maximum absolute atomic E-state index is 12.3. The number of carboxylic acids is 4. The average Bonchev–Trinajstić information content (AvgIpc) is 3.27. The zero-order chi connectivity index (χ0) is 48.9. The second-order valence-electron chi connectivity index (χ2n) is 15.0. The average molecular weight is 933 g/mol. The molecule has 6 rings (SSSR count). The zero-order valence-electron chi connectivity index (χ0n) is 35.6. The van der Waals surface area contributed by atoms with Crippen molar-refractivity contribution in [2.24, 2.45) is 0 Å². The number of nitrogens with two attached hydrogens (primary N) is 2. The number of rotatable bonds is 19. The van der Waals surface area contributed by atoms with Crippen molar-refractivity contribution in [3.63, 3.8) is 0 Å². The molecule has 0 bridgehead atoms. The first-order chi connectivity index (χ1) is 31.8. The lowest BCUT2D eigenvalue weighted by Crippen LogP contribution is -2.50. The van der Waals surface area contributed by atoms with Crippen LogP contribution >= 0.6 is 0 Å². The first-order valence-electron chi connectivity index (χ1n) is 20.3. The van der Waals surface area contributed by atoms with Crippen LogP contribution in [0.3, 0.4) is 0 Å². The number of carbonyl (C=O) groups excluding carboxylic acids is 3. The van der Waals surface area contributed by atoms with Crippen LogP contribution in [0.5, 0.6) is 0 Å². The van der Waals surface area contributed by atoms with Gasteiger partial charge in [-0.2, -0.15) is 9.97 Å². The van der Waals surface area contributed by atoms with E-state index in [0.29, 0.717) is 43.2 Å². The summed E-state index contributed by atoms with van der Waals surface area (Å²) in [6.45, 7) is 1.58. The summed E-state index contributed by atoms with van der Waals surface area (Å²) in [5.41, 5.74) is 12.4. The minimum Gasteiger partial charge on any atom is -0.481 e. The molecule has 2 aliphatic rings. The molecule has 2 aliphatic heterocycles. The molecule has 0 unspecified atom stereocenters. The molecule has 356 valence electrons. The highest BCUT2D eigenvalue weighted by Crippen LogP contribution is 2.26. The van der Waals surface area contributed by atoms with Crippen LogP contribution in [-0.4, -0.2) is 140 Å². The fourth-order valence-corrected chi connectivity index (χ4v) is 6.81. The van der Waals surface area contributed by atoms with Crippen molar-refractivity contribution in [3.8, 4) is 0 Å². The quantitative estimate of drug-likeness (QED) is 0.0502. The Morgan fingerprint density at radius 1 is 0.687 bits per heavy atom. The van der Waals surface area contributed by atoms with Crippen molar-refractivity contribution >= 4 is 88.4 Å². The number of nitrogens with zero attached hydrogens (tertiary/aromatic N) is 4. The Morgan fingerprint density at radius 3 is 1.51 bits per heavy atom. The number of H-pyrrole nitrogens is 2. The van der Waals surface area contributed by atoms with Crippen LogP contribution in [0.25, 0.3) is 0 Å². The molecule has 2 aromatic heterocycles. The molecule has 0 saturated carbocycles. The van der Waals surface area contributed by atoms with E-state index in [1.807, 2.05) is 4.90 Å². The van der Waals surface area contributed by atoms with Crippen molar-refractivity contribution in [1.82, 2.24) is 30.6 Å². The number of likely N-dealkylation sites (N-methyl/N-ethyl adjacent to an activating group) is 1. The number of carbonyl (C=O) groups is 7. The maximum Gasteiger partial charge on any atom is 0.326 e. The lowest BCUT2D eigenvalue weighted by Gasteiger charge is -2.35. The van der Waals surface area contributed by atoms with E-state index in [2.05, 4.69) is 51.8 Å². The first kappa shape index (κ1) is 49.1. The number of hydrogen-bond donors (Lipinski definition) is 14. The second kappa shape index (κ2) is 22.1. The van der Waals surface area contributed by atoms with Gasteiger partial charge in [-0.05, 0) is 61.4 Å². The molecule has 4 heterocycles. The molecule has 67 heavy (non-hydrogen) atoms. The minimum atomic E-state index is -1.33. The highest BCUT2D eigenvalue weighted by molar-refractivity contribution is 5.97. The number of nitrogens with one attached hydrogen (secondary N) is 8. The van der Waals surface area contributed by atoms with E-state index in [1.165, 1.54) is 29.2 Å². The molecular formula is C40H48N14O13. The molecule has 4 atom stereocenters. The van der Waals surface area contributed by atoms with Crippen molar-refractivity contribution in [2.75, 3.05) is 75.8 Å². The van der Waals surface area contributed by atoms with E-state index in [9.17, 15) is 53.4 Å². The van der Waals surface area contributed by atoms with E-state index in [0.717, 1.165) is 5.69 Å². The number of carboxylic acid groups (broad SMARTS) is 4. The molecule has 0 radical (unpaired) electrons. The molecule has 27 nitrogen and oxygen atoms in total. The summed E-state index contributed by atoms with van der Waals surface area (Å²) in [6, 6.07) is 9.40. The first-order valence-corrected chi connectivity index (χ1v) is 20.3. The van der Waals surface area contributed by atoms with Gasteiger partial charge in [-0.3, -0.25) is 43.5 Å². The summed E-state index contributed by atoms with van der Waals surface area (Å²) in [5.74, 6) is -5.59. The predicted octanol–water partition coefficient (Wildman–Crippen LogP) is -0.989. The summed E-state index contributed by atoms with van der Waals surface area (Å²) >= 11 is 0. The van der Waals surface area contributed by atoms with Crippen LogP contribution in [0, 0.1) is 0 Å².